The standard InChI is InChI=1S/C6H10OS/c1-2-3-6(8)4-5-7/h4-5,8H,2-3H2,1H3. The first-order chi connectivity index (χ1) is 3.81. The fraction of sp³-hybridized carbons (Fsp3) is 0.500. The average molecular weight is 130 g/mol. The Bertz CT molecular complexity index is 96.7. The maximum absolute atomic E-state index is 9.76. The molecule has 0 atom stereocenters. The second kappa shape index (κ2) is 4.91. The Morgan fingerprint density at radius 1 is 1.75 bits per heavy atom. The van der Waals surface area contributed by atoms with Crippen molar-refractivity contribution in [2.45, 2.75) is 19.8 Å². The van der Waals surface area contributed by atoms with Crippen LogP contribution in [0.25, 0.3) is 0 Å². The molecule has 0 saturated heterocycles. The van der Waals surface area contributed by atoms with E-state index in [1.54, 1.807) is 0 Å². The Kier molecular flexibility index (Phi) is 4.76. The van der Waals surface area contributed by atoms with Crippen LogP contribution < -0.4 is 0 Å². The zero-order valence-corrected chi connectivity index (χ0v) is 5.82. The number of hydrogen-bond donors (Lipinski definition) is 1. The number of hydrogen-bond acceptors (Lipinski definition) is 2. The molecule has 0 aliphatic carbocycles. The highest BCUT2D eigenvalue weighted by molar-refractivity contribution is 7.84. The van der Waals surface area contributed by atoms with Gasteiger partial charge in [-0.1, -0.05) is 13.3 Å². The van der Waals surface area contributed by atoms with Crippen LogP contribution in [0, 0.1) is 0 Å². The molecule has 0 aliphatic heterocycles. The fourth-order valence-electron chi connectivity index (χ4n) is 0.418. The highest BCUT2D eigenvalue weighted by atomic mass is 32.1. The molecule has 0 aliphatic rings. The molecule has 8 heavy (non-hydrogen) atoms. The lowest BCUT2D eigenvalue weighted by molar-refractivity contribution is -0.104. The Labute approximate surface area is 55.2 Å². The summed E-state index contributed by atoms with van der Waals surface area (Å²) in [6.07, 6.45) is 4.19. The van der Waals surface area contributed by atoms with Crippen molar-refractivity contribution >= 4 is 18.9 Å². The molecule has 0 amide bonds. The number of carbonyl (C=O) groups is 1. The van der Waals surface area contributed by atoms with E-state index < -0.39 is 0 Å². The third-order valence-electron chi connectivity index (χ3n) is 0.767. The van der Waals surface area contributed by atoms with Gasteiger partial charge in [-0.15, -0.1) is 12.6 Å². The summed E-state index contributed by atoms with van der Waals surface area (Å²) in [5.74, 6) is 0. The van der Waals surface area contributed by atoms with E-state index in [0.29, 0.717) is 0 Å². The topological polar surface area (TPSA) is 17.1 Å². The van der Waals surface area contributed by atoms with Crippen molar-refractivity contribution in [1.29, 1.82) is 0 Å². The van der Waals surface area contributed by atoms with Gasteiger partial charge in [0.25, 0.3) is 0 Å². The third kappa shape index (κ3) is 3.93. The number of thiol groups is 1. The summed E-state index contributed by atoms with van der Waals surface area (Å²) in [7, 11) is 0. The molecule has 0 aromatic rings. The van der Waals surface area contributed by atoms with E-state index in [2.05, 4.69) is 19.6 Å². The zero-order valence-electron chi connectivity index (χ0n) is 4.92. The minimum absolute atomic E-state index is 0.762. The quantitative estimate of drug-likeness (QED) is 0.350. The lowest BCUT2D eigenvalue weighted by Crippen LogP contribution is -1.71. The van der Waals surface area contributed by atoms with Crippen molar-refractivity contribution in [2.75, 3.05) is 0 Å². The van der Waals surface area contributed by atoms with Gasteiger partial charge >= 0.3 is 0 Å². The van der Waals surface area contributed by atoms with Gasteiger partial charge in [0.15, 0.2) is 0 Å². The number of carbonyl (C=O) groups excluding carboxylic acids is 1. The zero-order chi connectivity index (χ0) is 6.41. The van der Waals surface area contributed by atoms with Crippen LogP contribution in [0.5, 0.6) is 0 Å². The molecule has 0 aromatic heterocycles. The van der Waals surface area contributed by atoms with E-state index in [1.807, 2.05) is 0 Å². The highest BCUT2D eigenvalue weighted by Gasteiger charge is 1.83. The molecule has 0 unspecified atom stereocenters. The van der Waals surface area contributed by atoms with Gasteiger partial charge in [0.05, 0.1) is 0 Å². The average Bonchev–Trinajstić information content (AvgIpc) is 1.68. The van der Waals surface area contributed by atoms with E-state index in [1.165, 1.54) is 6.08 Å². The Morgan fingerprint density at radius 3 is 2.75 bits per heavy atom. The lowest BCUT2D eigenvalue weighted by atomic mass is 10.3. The molecule has 46 valence electrons. The Balaban J connectivity index is 3.44. The minimum Gasteiger partial charge on any atom is -0.299 e. The summed E-state index contributed by atoms with van der Waals surface area (Å²) in [6.45, 7) is 2.05. The molecular formula is C6H10OS. The molecular weight excluding hydrogens is 120 g/mol. The highest BCUT2D eigenvalue weighted by Crippen LogP contribution is 2.06. The van der Waals surface area contributed by atoms with Crippen LogP contribution in [0.4, 0.5) is 0 Å². The van der Waals surface area contributed by atoms with Crippen LogP contribution in [-0.4, -0.2) is 6.29 Å². The van der Waals surface area contributed by atoms with E-state index in [9.17, 15) is 4.79 Å². The number of rotatable bonds is 3. The summed E-state index contributed by atoms with van der Waals surface area (Å²) in [5.41, 5.74) is 0. The Morgan fingerprint density at radius 2 is 2.38 bits per heavy atom. The van der Waals surface area contributed by atoms with Crippen LogP contribution >= 0.6 is 12.6 Å². The smallest absolute Gasteiger partial charge is 0.143 e. The van der Waals surface area contributed by atoms with Crippen molar-refractivity contribution in [3.8, 4) is 0 Å². The minimum atomic E-state index is 0.762. The largest absolute Gasteiger partial charge is 0.299 e. The van der Waals surface area contributed by atoms with Crippen molar-refractivity contribution in [2.24, 2.45) is 0 Å². The molecule has 0 rings (SSSR count). The first-order valence-electron chi connectivity index (χ1n) is 2.64. The van der Waals surface area contributed by atoms with Gasteiger partial charge in [0.2, 0.25) is 0 Å². The summed E-state index contributed by atoms with van der Waals surface area (Å²) < 4.78 is 0. The molecule has 0 heterocycles. The fourth-order valence-corrected chi connectivity index (χ4v) is 0.702. The van der Waals surface area contributed by atoms with E-state index in [0.717, 1.165) is 24.0 Å². The molecule has 0 saturated carbocycles. The SMILES string of the molecule is CCCC(S)=CC=O. The molecule has 0 bridgehead atoms. The van der Waals surface area contributed by atoms with E-state index in [4.69, 9.17) is 0 Å². The van der Waals surface area contributed by atoms with Gasteiger partial charge in [-0.2, -0.15) is 0 Å². The number of aldehydes is 1. The van der Waals surface area contributed by atoms with Gasteiger partial charge < -0.3 is 0 Å². The maximum atomic E-state index is 9.76. The first-order valence-corrected chi connectivity index (χ1v) is 3.09. The van der Waals surface area contributed by atoms with E-state index >= 15 is 0 Å². The molecule has 1 nitrogen and oxygen atoms in total. The van der Waals surface area contributed by atoms with Gasteiger partial charge in [-0.05, 0) is 17.4 Å². The van der Waals surface area contributed by atoms with Crippen LogP contribution in [0.2, 0.25) is 0 Å². The van der Waals surface area contributed by atoms with Crippen LogP contribution in [0.3, 0.4) is 0 Å². The molecule has 0 radical (unpaired) electrons. The van der Waals surface area contributed by atoms with Crippen molar-refractivity contribution in [1.82, 2.24) is 0 Å². The van der Waals surface area contributed by atoms with Gasteiger partial charge in [-0.25, -0.2) is 0 Å². The summed E-state index contributed by atoms with van der Waals surface area (Å²) in [6, 6.07) is 0. The van der Waals surface area contributed by atoms with Gasteiger partial charge in [0.1, 0.15) is 6.29 Å². The summed E-state index contributed by atoms with van der Waals surface area (Å²) in [5, 5.41) is 0. The lowest BCUT2D eigenvalue weighted by Gasteiger charge is -1.89. The van der Waals surface area contributed by atoms with Crippen LogP contribution in [0.1, 0.15) is 19.8 Å². The van der Waals surface area contributed by atoms with Crippen LogP contribution in [0.15, 0.2) is 11.0 Å². The van der Waals surface area contributed by atoms with Crippen LogP contribution in [-0.2, 0) is 4.79 Å². The summed E-state index contributed by atoms with van der Waals surface area (Å²) in [4.78, 5) is 10.6. The van der Waals surface area contributed by atoms with Gasteiger partial charge in [0, 0.05) is 0 Å². The third-order valence-corrected chi connectivity index (χ3v) is 1.14. The molecule has 0 spiro atoms. The molecule has 0 fully saturated rings. The number of allylic oxidation sites excluding steroid dienone is 2. The Hall–Kier alpha value is -0.240. The predicted octanol–water partition coefficient (Wildman–Crippen LogP) is 1.80. The van der Waals surface area contributed by atoms with Crippen molar-refractivity contribution < 1.29 is 4.79 Å². The van der Waals surface area contributed by atoms with Gasteiger partial charge in [-0.3, -0.25) is 4.79 Å². The second-order valence-corrected chi connectivity index (χ2v) is 2.12. The second-order valence-electron chi connectivity index (χ2n) is 1.54. The van der Waals surface area contributed by atoms with Crippen molar-refractivity contribution in [3.63, 3.8) is 0 Å². The maximum Gasteiger partial charge on any atom is 0.143 e. The normalized spacial score (nSPS) is 11.5. The first kappa shape index (κ1) is 7.76. The monoisotopic (exact) mass is 130 g/mol. The van der Waals surface area contributed by atoms with E-state index in [-0.39, 0.29) is 0 Å². The van der Waals surface area contributed by atoms with Crippen molar-refractivity contribution in [3.05, 3.63) is 11.0 Å². The molecule has 0 aromatic carbocycles. The molecule has 0 N–H and O–H groups in total. The summed E-state index contributed by atoms with van der Waals surface area (Å²) >= 11 is 4.02. The molecule has 2 heteroatoms. The predicted molar refractivity (Wildman–Crippen MR) is 38.0 cm³/mol.